The number of ether oxygens (including phenoxy) is 1. The van der Waals surface area contributed by atoms with Crippen LogP contribution in [0.2, 0.25) is 0 Å². The number of hydrogen-bond donors (Lipinski definition) is 0. The molecule has 80 valence electrons. The van der Waals surface area contributed by atoms with Crippen LogP contribution >= 0.6 is 0 Å². The third-order valence-electron chi connectivity index (χ3n) is 1.98. The van der Waals surface area contributed by atoms with Crippen molar-refractivity contribution in [2.24, 2.45) is 0 Å². The summed E-state index contributed by atoms with van der Waals surface area (Å²) >= 11 is 0. The zero-order chi connectivity index (χ0) is 10.8. The highest BCUT2D eigenvalue weighted by Gasteiger charge is 2.22. The minimum absolute atomic E-state index is 0.0202. The maximum absolute atomic E-state index is 11.3. The highest BCUT2D eigenvalue weighted by Crippen LogP contribution is 2.09. The first-order valence-electron chi connectivity index (χ1n) is 4.26. The van der Waals surface area contributed by atoms with Crippen molar-refractivity contribution >= 4 is 11.6 Å². The molecule has 0 aliphatic carbocycles. The topological polar surface area (TPSA) is 90.5 Å². The average molecular weight is 212 g/mol. The Balaban J connectivity index is 2.20. The third kappa shape index (κ3) is 1.79. The molecule has 1 aromatic heterocycles. The van der Waals surface area contributed by atoms with Gasteiger partial charge in [0.25, 0.3) is 5.91 Å². The van der Waals surface area contributed by atoms with E-state index in [2.05, 4.69) is 5.10 Å². The van der Waals surface area contributed by atoms with Gasteiger partial charge in [-0.1, -0.05) is 0 Å². The summed E-state index contributed by atoms with van der Waals surface area (Å²) < 4.78 is 4.92. The van der Waals surface area contributed by atoms with Crippen LogP contribution in [0.1, 0.15) is 0 Å². The van der Waals surface area contributed by atoms with Crippen LogP contribution in [0, 0.1) is 10.1 Å². The van der Waals surface area contributed by atoms with Gasteiger partial charge in [0.15, 0.2) is 0 Å². The molecule has 0 N–H and O–H groups in total. The van der Waals surface area contributed by atoms with Crippen molar-refractivity contribution in [3.05, 3.63) is 22.5 Å². The van der Waals surface area contributed by atoms with E-state index in [1.807, 2.05) is 0 Å². The van der Waals surface area contributed by atoms with E-state index in [1.165, 1.54) is 16.0 Å². The van der Waals surface area contributed by atoms with Gasteiger partial charge in [-0.3, -0.25) is 14.9 Å². The Morgan fingerprint density at radius 1 is 1.60 bits per heavy atom. The first kappa shape index (κ1) is 9.59. The molecule has 1 saturated heterocycles. The highest BCUT2D eigenvalue weighted by atomic mass is 16.6. The van der Waals surface area contributed by atoms with Crippen LogP contribution in [0.25, 0.3) is 0 Å². The van der Waals surface area contributed by atoms with Crippen molar-refractivity contribution in [2.45, 2.75) is 0 Å². The summed E-state index contributed by atoms with van der Waals surface area (Å²) in [5.41, 5.74) is -0.144. The minimum atomic E-state index is -0.561. The Morgan fingerprint density at radius 3 is 3.00 bits per heavy atom. The molecule has 0 radical (unpaired) electrons. The Labute approximate surface area is 84.2 Å². The summed E-state index contributed by atoms with van der Waals surface area (Å²) in [4.78, 5) is 22.4. The lowest BCUT2D eigenvalue weighted by molar-refractivity contribution is -0.385. The fraction of sp³-hybridized carbons (Fsp3) is 0.429. The second-order valence-electron chi connectivity index (χ2n) is 2.95. The molecule has 1 amide bonds. The van der Waals surface area contributed by atoms with E-state index < -0.39 is 4.92 Å². The fourth-order valence-electron chi connectivity index (χ4n) is 1.26. The standard InChI is InChI=1S/C7H8N4O4/c12-7-5-15-2-1-9(7)10-4-6(3-8-10)11(13)14/h3-4H,1-2,5H2. The van der Waals surface area contributed by atoms with Gasteiger partial charge in [-0.05, 0) is 0 Å². The molecule has 2 rings (SSSR count). The van der Waals surface area contributed by atoms with E-state index in [9.17, 15) is 14.9 Å². The van der Waals surface area contributed by atoms with Gasteiger partial charge in [0.1, 0.15) is 19.0 Å². The zero-order valence-electron chi connectivity index (χ0n) is 7.70. The van der Waals surface area contributed by atoms with Gasteiger partial charge in [-0.2, -0.15) is 9.89 Å². The maximum atomic E-state index is 11.3. The molecule has 1 aromatic rings. The first-order valence-corrected chi connectivity index (χ1v) is 4.26. The first-order chi connectivity index (χ1) is 7.18. The lowest BCUT2D eigenvalue weighted by Gasteiger charge is -2.25. The normalized spacial score (nSPS) is 16.8. The Morgan fingerprint density at radius 2 is 2.40 bits per heavy atom. The summed E-state index contributed by atoms with van der Waals surface area (Å²) in [5, 5.41) is 15.4. The molecule has 8 nitrogen and oxygen atoms in total. The summed E-state index contributed by atoms with van der Waals surface area (Å²) in [6.45, 7) is 0.727. The molecule has 2 heterocycles. The molecule has 1 aliphatic heterocycles. The molecule has 0 spiro atoms. The second kappa shape index (κ2) is 3.65. The molecule has 1 fully saturated rings. The molecule has 15 heavy (non-hydrogen) atoms. The largest absolute Gasteiger partial charge is 0.370 e. The molecular weight excluding hydrogens is 204 g/mol. The highest BCUT2D eigenvalue weighted by molar-refractivity contribution is 5.87. The number of nitro groups is 1. The van der Waals surface area contributed by atoms with Crippen molar-refractivity contribution in [3.63, 3.8) is 0 Å². The Bertz CT molecular complexity index is 401. The van der Waals surface area contributed by atoms with Crippen molar-refractivity contribution in [1.82, 2.24) is 9.89 Å². The van der Waals surface area contributed by atoms with Crippen LogP contribution in [-0.4, -0.2) is 40.5 Å². The van der Waals surface area contributed by atoms with Gasteiger partial charge in [0, 0.05) is 0 Å². The number of rotatable bonds is 2. The number of carbonyl (C=O) groups is 1. The maximum Gasteiger partial charge on any atom is 0.309 e. The molecule has 0 atom stereocenters. The van der Waals surface area contributed by atoms with Gasteiger partial charge in [-0.25, -0.2) is 5.01 Å². The minimum Gasteiger partial charge on any atom is -0.370 e. The summed E-state index contributed by atoms with van der Waals surface area (Å²) in [6.07, 6.45) is 2.30. The molecule has 0 aromatic carbocycles. The van der Waals surface area contributed by atoms with Crippen LogP contribution in [0.4, 0.5) is 5.69 Å². The van der Waals surface area contributed by atoms with Gasteiger partial charge in [0.05, 0.1) is 18.1 Å². The molecule has 8 heteroatoms. The van der Waals surface area contributed by atoms with Crippen molar-refractivity contribution in [2.75, 3.05) is 24.8 Å². The zero-order valence-corrected chi connectivity index (χ0v) is 7.70. The van der Waals surface area contributed by atoms with Gasteiger partial charge in [-0.15, -0.1) is 0 Å². The molecule has 0 bridgehead atoms. The van der Waals surface area contributed by atoms with Gasteiger partial charge in [0.2, 0.25) is 0 Å². The summed E-state index contributed by atoms with van der Waals surface area (Å²) in [6, 6.07) is 0. The Kier molecular flexibility index (Phi) is 2.34. The third-order valence-corrected chi connectivity index (χ3v) is 1.98. The van der Waals surface area contributed by atoms with Gasteiger partial charge < -0.3 is 4.74 Å². The SMILES string of the molecule is O=C1COCCN1n1cc([N+](=O)[O-])cn1. The van der Waals surface area contributed by atoms with Crippen molar-refractivity contribution < 1.29 is 14.5 Å². The van der Waals surface area contributed by atoms with Crippen LogP contribution in [0.3, 0.4) is 0 Å². The quantitative estimate of drug-likeness (QED) is 0.477. The molecule has 0 saturated carbocycles. The van der Waals surface area contributed by atoms with E-state index in [0.29, 0.717) is 13.2 Å². The monoisotopic (exact) mass is 212 g/mol. The van der Waals surface area contributed by atoms with E-state index >= 15 is 0 Å². The number of morpholine rings is 1. The van der Waals surface area contributed by atoms with Crippen LogP contribution < -0.4 is 5.01 Å². The number of carbonyl (C=O) groups excluding carboxylic acids is 1. The predicted octanol–water partition coefficient (Wildman–Crippen LogP) is -0.714. The molecular formula is C7H8N4O4. The number of nitrogens with zero attached hydrogens (tertiary/aromatic N) is 4. The summed E-state index contributed by atoms with van der Waals surface area (Å²) in [5.74, 6) is -0.265. The van der Waals surface area contributed by atoms with E-state index in [4.69, 9.17) is 4.74 Å². The van der Waals surface area contributed by atoms with E-state index in [1.54, 1.807) is 0 Å². The lowest BCUT2D eigenvalue weighted by Crippen LogP contribution is -2.48. The van der Waals surface area contributed by atoms with Crippen LogP contribution in [0.5, 0.6) is 0 Å². The van der Waals surface area contributed by atoms with Crippen molar-refractivity contribution in [1.29, 1.82) is 0 Å². The van der Waals surface area contributed by atoms with Gasteiger partial charge >= 0.3 is 5.69 Å². The van der Waals surface area contributed by atoms with E-state index in [-0.39, 0.29) is 18.2 Å². The van der Waals surface area contributed by atoms with Crippen LogP contribution in [0.15, 0.2) is 12.4 Å². The number of amides is 1. The van der Waals surface area contributed by atoms with Crippen LogP contribution in [-0.2, 0) is 9.53 Å². The van der Waals surface area contributed by atoms with E-state index in [0.717, 1.165) is 6.20 Å². The molecule has 0 unspecified atom stereocenters. The number of aromatic nitrogens is 2. The number of hydrogen-bond acceptors (Lipinski definition) is 5. The summed E-state index contributed by atoms with van der Waals surface area (Å²) in [7, 11) is 0. The fourth-order valence-corrected chi connectivity index (χ4v) is 1.26. The lowest BCUT2D eigenvalue weighted by atomic mass is 10.5. The predicted molar refractivity (Wildman–Crippen MR) is 47.8 cm³/mol. The molecule has 1 aliphatic rings. The smallest absolute Gasteiger partial charge is 0.309 e. The Hall–Kier alpha value is -1.96. The van der Waals surface area contributed by atoms with Crippen molar-refractivity contribution in [3.8, 4) is 0 Å². The second-order valence-corrected chi connectivity index (χ2v) is 2.95. The average Bonchev–Trinajstić information content (AvgIpc) is 2.67.